The van der Waals surface area contributed by atoms with Crippen LogP contribution < -0.4 is 11.1 Å². The number of anilines is 1. The molecule has 2 rings (SSSR count). The van der Waals surface area contributed by atoms with Crippen LogP contribution in [0.2, 0.25) is 0 Å². The van der Waals surface area contributed by atoms with E-state index in [0.717, 1.165) is 0 Å². The Bertz CT molecular complexity index is 652. The van der Waals surface area contributed by atoms with Crippen molar-refractivity contribution in [1.29, 1.82) is 0 Å². The van der Waals surface area contributed by atoms with Gasteiger partial charge in [0.25, 0.3) is 5.91 Å². The van der Waals surface area contributed by atoms with E-state index in [2.05, 4.69) is 15.3 Å². The van der Waals surface area contributed by atoms with Crippen molar-refractivity contribution in [3.05, 3.63) is 35.8 Å². The summed E-state index contributed by atoms with van der Waals surface area (Å²) in [5, 5.41) is 11.7. The maximum atomic E-state index is 12.0. The molecule has 0 unspecified atom stereocenters. The minimum Gasteiger partial charge on any atom is -0.492 e. The molecule has 0 saturated carbocycles. The molecule has 0 spiro atoms. The molecule has 0 atom stereocenters. The van der Waals surface area contributed by atoms with Crippen molar-refractivity contribution in [3.63, 3.8) is 0 Å². The largest absolute Gasteiger partial charge is 0.492 e. The van der Waals surface area contributed by atoms with Crippen LogP contribution in [-0.2, 0) is 7.05 Å². The molecule has 98 valence electrons. The minimum atomic E-state index is -0.466. The van der Waals surface area contributed by atoms with Gasteiger partial charge in [-0.1, -0.05) is 12.2 Å². The number of carbonyl (C=O) groups is 1. The fraction of sp³-hybridized carbons (Fsp3) is 0.0909. The highest BCUT2D eigenvalue weighted by molar-refractivity contribution is 7.80. The number of aryl methyl sites for hydroxylation is 1. The molecule has 0 radical (unpaired) electrons. The van der Waals surface area contributed by atoms with E-state index in [4.69, 9.17) is 18.0 Å². The van der Waals surface area contributed by atoms with Gasteiger partial charge in [0.2, 0.25) is 11.8 Å². The van der Waals surface area contributed by atoms with Gasteiger partial charge in [-0.25, -0.2) is 0 Å². The van der Waals surface area contributed by atoms with Crippen LogP contribution in [0.25, 0.3) is 0 Å². The molecule has 2 aromatic rings. The second-order valence-corrected chi connectivity index (χ2v) is 4.22. The molecule has 0 aliphatic heterocycles. The van der Waals surface area contributed by atoms with Crippen LogP contribution in [0.1, 0.15) is 16.1 Å². The number of amides is 1. The molecule has 8 heteroatoms. The number of imidazole rings is 1. The molecule has 4 N–H and O–H groups in total. The molecule has 19 heavy (non-hydrogen) atoms. The molecule has 0 aliphatic rings. The first-order valence-electron chi connectivity index (χ1n) is 5.27. The zero-order chi connectivity index (χ0) is 14.0. The summed E-state index contributed by atoms with van der Waals surface area (Å²) >= 11 is 4.83. The van der Waals surface area contributed by atoms with E-state index in [0.29, 0.717) is 5.56 Å². The topological polar surface area (TPSA) is 106 Å². The SMILES string of the molecule is Cn1cc(O)nc1NC(=O)c1cc(C(N)=S)ccn1. The lowest BCUT2D eigenvalue weighted by Crippen LogP contribution is -2.18. The van der Waals surface area contributed by atoms with Gasteiger partial charge in [0.05, 0.1) is 6.20 Å². The van der Waals surface area contributed by atoms with Crippen molar-refractivity contribution in [1.82, 2.24) is 14.5 Å². The van der Waals surface area contributed by atoms with Crippen molar-refractivity contribution in [2.75, 3.05) is 5.32 Å². The van der Waals surface area contributed by atoms with Crippen molar-refractivity contribution in [2.24, 2.45) is 12.8 Å². The molecule has 1 amide bonds. The summed E-state index contributed by atoms with van der Waals surface area (Å²) in [4.78, 5) is 19.8. The minimum absolute atomic E-state index is 0.160. The highest BCUT2D eigenvalue weighted by atomic mass is 32.1. The third kappa shape index (κ3) is 2.86. The smallest absolute Gasteiger partial charge is 0.276 e. The summed E-state index contributed by atoms with van der Waals surface area (Å²) < 4.78 is 1.48. The van der Waals surface area contributed by atoms with Gasteiger partial charge in [-0.05, 0) is 12.1 Å². The average molecular weight is 277 g/mol. The number of carbonyl (C=O) groups excluding carboxylic acids is 1. The molecule has 0 saturated heterocycles. The predicted octanol–water partition coefficient (Wildman–Crippen LogP) is 0.407. The van der Waals surface area contributed by atoms with Crippen molar-refractivity contribution in [3.8, 4) is 5.88 Å². The summed E-state index contributed by atoms with van der Waals surface area (Å²) in [6.07, 6.45) is 2.81. The predicted molar refractivity (Wildman–Crippen MR) is 73.0 cm³/mol. The normalized spacial score (nSPS) is 10.2. The third-order valence-electron chi connectivity index (χ3n) is 2.37. The van der Waals surface area contributed by atoms with E-state index in [9.17, 15) is 9.90 Å². The molecule has 0 aliphatic carbocycles. The van der Waals surface area contributed by atoms with Crippen molar-refractivity contribution >= 4 is 29.1 Å². The van der Waals surface area contributed by atoms with E-state index in [-0.39, 0.29) is 22.5 Å². The maximum Gasteiger partial charge on any atom is 0.276 e. The number of hydrogen-bond donors (Lipinski definition) is 3. The van der Waals surface area contributed by atoms with E-state index >= 15 is 0 Å². The summed E-state index contributed by atoms with van der Waals surface area (Å²) in [5.41, 5.74) is 6.20. The quantitative estimate of drug-likeness (QED) is 0.701. The van der Waals surface area contributed by atoms with Crippen LogP contribution in [-0.4, -0.2) is 30.5 Å². The third-order valence-corrected chi connectivity index (χ3v) is 2.60. The average Bonchev–Trinajstić information content (AvgIpc) is 2.68. The maximum absolute atomic E-state index is 12.0. The number of nitrogens with two attached hydrogens (primary N) is 1. The lowest BCUT2D eigenvalue weighted by atomic mass is 10.2. The van der Waals surface area contributed by atoms with Crippen LogP contribution >= 0.6 is 12.2 Å². The lowest BCUT2D eigenvalue weighted by molar-refractivity contribution is 0.102. The highest BCUT2D eigenvalue weighted by Crippen LogP contribution is 2.12. The second-order valence-electron chi connectivity index (χ2n) is 3.78. The van der Waals surface area contributed by atoms with Crippen molar-refractivity contribution in [2.45, 2.75) is 0 Å². The van der Waals surface area contributed by atoms with Crippen LogP contribution in [0.3, 0.4) is 0 Å². The molecular weight excluding hydrogens is 266 g/mol. The van der Waals surface area contributed by atoms with Gasteiger partial charge in [0.1, 0.15) is 10.7 Å². The molecular formula is C11H11N5O2S. The number of nitrogens with one attached hydrogen (secondary N) is 1. The first-order valence-corrected chi connectivity index (χ1v) is 5.67. The Hall–Kier alpha value is -2.48. The van der Waals surface area contributed by atoms with Gasteiger partial charge in [0.15, 0.2) is 0 Å². The fourth-order valence-electron chi connectivity index (χ4n) is 1.44. The van der Waals surface area contributed by atoms with E-state index in [1.807, 2.05) is 0 Å². The van der Waals surface area contributed by atoms with Crippen LogP contribution in [0, 0.1) is 0 Å². The lowest BCUT2D eigenvalue weighted by Gasteiger charge is -2.05. The van der Waals surface area contributed by atoms with Crippen LogP contribution in [0.4, 0.5) is 5.95 Å². The summed E-state index contributed by atoms with van der Waals surface area (Å²) in [7, 11) is 1.64. The number of nitrogens with zero attached hydrogens (tertiary/aromatic N) is 3. The zero-order valence-corrected chi connectivity index (χ0v) is 10.8. The van der Waals surface area contributed by atoms with E-state index in [1.165, 1.54) is 23.0 Å². The molecule has 0 fully saturated rings. The number of aromatic nitrogens is 3. The Morgan fingerprint density at radius 2 is 2.32 bits per heavy atom. The standard InChI is InChI=1S/C11H11N5O2S/c1-16-5-8(17)14-11(16)15-10(18)7-4-6(9(12)19)2-3-13-7/h2-5,17H,1H3,(H2,12,19)(H,14,15,18). The zero-order valence-electron chi connectivity index (χ0n) is 9.99. The molecule has 0 aromatic carbocycles. The van der Waals surface area contributed by atoms with Crippen LogP contribution in [0.5, 0.6) is 5.88 Å². The second kappa shape index (κ2) is 5.02. The number of rotatable bonds is 3. The first kappa shape index (κ1) is 13.0. The van der Waals surface area contributed by atoms with Crippen molar-refractivity contribution < 1.29 is 9.90 Å². The molecule has 7 nitrogen and oxygen atoms in total. The summed E-state index contributed by atoms with van der Waals surface area (Å²) in [6, 6.07) is 3.10. The Labute approximate surface area is 114 Å². The molecule has 0 bridgehead atoms. The Morgan fingerprint density at radius 1 is 1.58 bits per heavy atom. The van der Waals surface area contributed by atoms with Gasteiger partial charge in [-0.15, -0.1) is 0 Å². The fourth-order valence-corrected chi connectivity index (χ4v) is 1.57. The number of pyridine rings is 1. The number of thiocarbonyl (C=S) groups is 1. The van der Waals surface area contributed by atoms with Gasteiger partial charge in [-0.3, -0.25) is 15.1 Å². The Kier molecular flexibility index (Phi) is 3.43. The van der Waals surface area contributed by atoms with Gasteiger partial charge in [-0.2, -0.15) is 4.98 Å². The van der Waals surface area contributed by atoms with Gasteiger partial charge >= 0.3 is 0 Å². The summed E-state index contributed by atoms with van der Waals surface area (Å²) in [5.74, 6) is -0.431. The van der Waals surface area contributed by atoms with E-state index in [1.54, 1.807) is 13.1 Å². The number of hydrogen-bond acceptors (Lipinski definition) is 5. The Morgan fingerprint density at radius 3 is 2.89 bits per heavy atom. The van der Waals surface area contributed by atoms with Gasteiger partial charge in [0, 0.05) is 18.8 Å². The highest BCUT2D eigenvalue weighted by Gasteiger charge is 2.12. The van der Waals surface area contributed by atoms with Gasteiger partial charge < -0.3 is 15.4 Å². The number of aromatic hydroxyl groups is 1. The summed E-state index contributed by atoms with van der Waals surface area (Å²) in [6.45, 7) is 0. The van der Waals surface area contributed by atoms with E-state index < -0.39 is 5.91 Å². The monoisotopic (exact) mass is 277 g/mol. The Balaban J connectivity index is 2.23. The molecule has 2 heterocycles. The first-order chi connectivity index (χ1) is 8.97. The molecule has 2 aromatic heterocycles. The van der Waals surface area contributed by atoms with Crippen LogP contribution in [0.15, 0.2) is 24.5 Å².